The number of carbonyl (C=O) groups is 2. The average molecular weight is 329 g/mol. The number of carbonyl (C=O) groups excluding carboxylic acids is 1. The number of benzene rings is 1. The minimum absolute atomic E-state index is 0.197. The number of carboxylic acids is 1. The van der Waals surface area contributed by atoms with E-state index in [2.05, 4.69) is 0 Å². The van der Waals surface area contributed by atoms with Gasteiger partial charge in [-0.1, -0.05) is 0 Å². The summed E-state index contributed by atoms with van der Waals surface area (Å²) in [6.07, 6.45) is 0. The van der Waals surface area contributed by atoms with Crippen molar-refractivity contribution in [2.24, 2.45) is 0 Å². The Kier molecular flexibility index (Phi) is 3.92. The van der Waals surface area contributed by atoms with Crippen LogP contribution in [0.3, 0.4) is 0 Å². The molecule has 5 nitrogen and oxygen atoms in total. The normalized spacial score (nSPS) is 10.9. The van der Waals surface area contributed by atoms with Crippen molar-refractivity contribution in [3.05, 3.63) is 52.5 Å². The molecule has 0 spiro atoms. The summed E-state index contributed by atoms with van der Waals surface area (Å²) in [6.45, 7) is 1.71. The van der Waals surface area contributed by atoms with Crippen molar-refractivity contribution >= 4 is 33.3 Å². The highest BCUT2D eigenvalue weighted by Gasteiger charge is 2.20. The fourth-order valence-electron chi connectivity index (χ4n) is 2.52. The maximum atomic E-state index is 12.8. The Morgan fingerprint density at radius 3 is 2.57 bits per heavy atom. The molecule has 2 heterocycles. The van der Waals surface area contributed by atoms with Crippen LogP contribution in [-0.4, -0.2) is 28.5 Å². The van der Waals surface area contributed by atoms with Gasteiger partial charge in [0.2, 0.25) is 5.78 Å². The second-order valence-electron chi connectivity index (χ2n) is 5.20. The maximum absolute atomic E-state index is 12.8. The number of hydrogen-bond acceptors (Lipinski definition) is 4. The molecule has 0 amide bonds. The molecule has 0 fully saturated rings. The zero-order chi connectivity index (χ0) is 16.6. The Balaban J connectivity index is 2.09. The third-order valence-electron chi connectivity index (χ3n) is 3.70. The average Bonchev–Trinajstić information content (AvgIpc) is 3.07. The van der Waals surface area contributed by atoms with E-state index in [1.54, 1.807) is 42.0 Å². The number of aliphatic carboxylic acids is 1. The highest BCUT2D eigenvalue weighted by Crippen LogP contribution is 2.30. The van der Waals surface area contributed by atoms with Crippen LogP contribution in [0.25, 0.3) is 10.2 Å². The molecule has 1 N–H and O–H groups in total. The van der Waals surface area contributed by atoms with Crippen molar-refractivity contribution < 1.29 is 19.4 Å². The molecular weight excluding hydrogens is 314 g/mol. The zero-order valence-electron chi connectivity index (χ0n) is 12.7. The Hall–Kier alpha value is -2.60. The van der Waals surface area contributed by atoms with Gasteiger partial charge in [0.15, 0.2) is 0 Å². The molecule has 0 atom stereocenters. The lowest BCUT2D eigenvalue weighted by Crippen LogP contribution is -2.15. The highest BCUT2D eigenvalue weighted by molar-refractivity contribution is 7.17. The van der Waals surface area contributed by atoms with Gasteiger partial charge in [0.05, 0.1) is 12.8 Å². The Morgan fingerprint density at radius 1 is 1.26 bits per heavy atom. The Morgan fingerprint density at radius 2 is 1.96 bits per heavy atom. The molecule has 0 unspecified atom stereocenters. The first-order valence-corrected chi connectivity index (χ1v) is 7.87. The van der Waals surface area contributed by atoms with Crippen molar-refractivity contribution in [2.45, 2.75) is 13.5 Å². The summed E-state index contributed by atoms with van der Waals surface area (Å²) in [5, 5.41) is 12.0. The zero-order valence-corrected chi connectivity index (χ0v) is 13.5. The molecule has 3 aromatic rings. The largest absolute Gasteiger partial charge is 0.497 e. The number of thiophene rings is 1. The van der Waals surface area contributed by atoms with Crippen LogP contribution in [0.1, 0.15) is 21.6 Å². The number of nitrogens with zero attached hydrogens (tertiary/aromatic N) is 1. The van der Waals surface area contributed by atoms with Gasteiger partial charge in [-0.3, -0.25) is 9.59 Å². The molecule has 0 saturated heterocycles. The Labute approximate surface area is 136 Å². The predicted molar refractivity (Wildman–Crippen MR) is 88.6 cm³/mol. The lowest BCUT2D eigenvalue weighted by molar-refractivity contribution is -0.137. The first-order valence-electron chi connectivity index (χ1n) is 6.99. The molecule has 0 aliphatic heterocycles. The summed E-state index contributed by atoms with van der Waals surface area (Å²) in [4.78, 5) is 24.8. The minimum Gasteiger partial charge on any atom is -0.497 e. The molecule has 0 radical (unpaired) electrons. The van der Waals surface area contributed by atoms with Crippen molar-refractivity contribution in [1.82, 2.24) is 4.57 Å². The number of carboxylic acid groups (broad SMARTS) is 1. The molecular formula is C17H15NO4S. The maximum Gasteiger partial charge on any atom is 0.323 e. The third kappa shape index (κ3) is 2.73. The summed E-state index contributed by atoms with van der Waals surface area (Å²) >= 11 is 1.45. The van der Waals surface area contributed by atoms with Gasteiger partial charge in [-0.05, 0) is 48.2 Å². The summed E-state index contributed by atoms with van der Waals surface area (Å²) in [5.74, 6) is -0.506. The van der Waals surface area contributed by atoms with E-state index in [1.165, 1.54) is 11.3 Å². The molecule has 23 heavy (non-hydrogen) atoms. The summed E-state index contributed by atoms with van der Waals surface area (Å²) < 4.78 is 6.66. The number of aromatic nitrogens is 1. The molecule has 1 aromatic carbocycles. The lowest BCUT2D eigenvalue weighted by atomic mass is 10.1. The summed E-state index contributed by atoms with van der Waals surface area (Å²) in [6, 6.07) is 8.56. The molecule has 0 saturated carbocycles. The number of hydrogen-bond donors (Lipinski definition) is 1. The molecule has 0 bridgehead atoms. The predicted octanol–water partition coefficient (Wildman–Crippen LogP) is 3.34. The van der Waals surface area contributed by atoms with Gasteiger partial charge in [-0.25, -0.2) is 0 Å². The monoisotopic (exact) mass is 329 g/mol. The van der Waals surface area contributed by atoms with Crippen LogP contribution in [0, 0.1) is 6.92 Å². The minimum atomic E-state index is -0.975. The van der Waals surface area contributed by atoms with E-state index in [1.807, 2.05) is 12.3 Å². The summed E-state index contributed by atoms with van der Waals surface area (Å²) in [7, 11) is 1.56. The van der Waals surface area contributed by atoms with Crippen molar-refractivity contribution in [3.63, 3.8) is 0 Å². The first kappa shape index (κ1) is 15.3. The van der Waals surface area contributed by atoms with Crippen LogP contribution >= 0.6 is 11.3 Å². The Bertz CT molecular complexity index is 889. The number of ether oxygens (including phenoxy) is 1. The van der Waals surface area contributed by atoms with Crippen LogP contribution in [0.4, 0.5) is 0 Å². The molecule has 6 heteroatoms. The van der Waals surface area contributed by atoms with Gasteiger partial charge < -0.3 is 14.4 Å². The molecule has 118 valence electrons. The van der Waals surface area contributed by atoms with E-state index in [9.17, 15) is 9.59 Å². The molecule has 3 rings (SSSR count). The number of fused-ring (bicyclic) bond motifs is 1. The van der Waals surface area contributed by atoms with Gasteiger partial charge in [-0.15, -0.1) is 11.3 Å². The number of methoxy groups -OCH3 is 1. The SMILES string of the molecule is COc1ccc(C(=O)c2cc3c(C)csc3n2CC(=O)O)cc1. The van der Waals surface area contributed by atoms with Crippen molar-refractivity contribution in [1.29, 1.82) is 0 Å². The fraction of sp³-hybridized carbons (Fsp3) is 0.176. The standard InChI is InChI=1S/C17H15NO4S/c1-10-9-23-17-13(10)7-14(18(17)8-15(19)20)16(21)11-3-5-12(22-2)6-4-11/h3-7,9H,8H2,1-2H3,(H,19,20). The first-order chi connectivity index (χ1) is 11.0. The number of rotatable bonds is 5. The van der Waals surface area contributed by atoms with Crippen LogP contribution in [0.2, 0.25) is 0 Å². The fourth-order valence-corrected chi connectivity index (χ4v) is 3.57. The van der Waals surface area contributed by atoms with E-state index in [0.29, 0.717) is 17.0 Å². The van der Waals surface area contributed by atoms with Crippen LogP contribution < -0.4 is 4.74 Å². The van der Waals surface area contributed by atoms with Gasteiger partial charge in [0.25, 0.3) is 0 Å². The topological polar surface area (TPSA) is 68.5 Å². The number of aryl methyl sites for hydroxylation is 1. The van der Waals surface area contributed by atoms with Gasteiger partial charge in [0.1, 0.15) is 17.1 Å². The lowest BCUT2D eigenvalue weighted by Gasteiger charge is -2.07. The van der Waals surface area contributed by atoms with Crippen LogP contribution in [-0.2, 0) is 11.3 Å². The van der Waals surface area contributed by atoms with Crippen LogP contribution in [0.15, 0.2) is 35.7 Å². The highest BCUT2D eigenvalue weighted by atomic mass is 32.1. The molecule has 0 aliphatic rings. The van der Waals surface area contributed by atoms with E-state index >= 15 is 0 Å². The van der Waals surface area contributed by atoms with E-state index in [4.69, 9.17) is 9.84 Å². The second kappa shape index (κ2) is 5.89. The van der Waals surface area contributed by atoms with Gasteiger partial charge in [-0.2, -0.15) is 0 Å². The van der Waals surface area contributed by atoms with Crippen molar-refractivity contribution in [2.75, 3.05) is 7.11 Å². The van der Waals surface area contributed by atoms with E-state index < -0.39 is 5.97 Å². The third-order valence-corrected chi connectivity index (χ3v) is 4.83. The molecule has 0 aliphatic carbocycles. The summed E-state index contributed by atoms with van der Waals surface area (Å²) in [5.41, 5.74) is 1.93. The van der Waals surface area contributed by atoms with E-state index in [0.717, 1.165) is 15.8 Å². The number of ketones is 1. The quantitative estimate of drug-likeness (QED) is 0.729. The van der Waals surface area contributed by atoms with Crippen molar-refractivity contribution in [3.8, 4) is 5.75 Å². The van der Waals surface area contributed by atoms with Gasteiger partial charge >= 0.3 is 5.97 Å². The smallest absolute Gasteiger partial charge is 0.323 e. The van der Waals surface area contributed by atoms with E-state index in [-0.39, 0.29) is 12.3 Å². The van der Waals surface area contributed by atoms with Gasteiger partial charge in [0, 0.05) is 10.9 Å². The second-order valence-corrected chi connectivity index (χ2v) is 6.06. The van der Waals surface area contributed by atoms with Crippen LogP contribution in [0.5, 0.6) is 5.75 Å². The molecule has 2 aromatic heterocycles.